The standard InChI is InChI=1S/C23H25FN6O2/c1-2-15-20(24)21-17(28-23(15)32)9-13(10-27-21)12-29-7-8-30(19-6-5-18(19)29)14-3-4-16(22(25)31)26-11-14/h3-4,9-11,18-19H,2,5-8,12H2,1H3,(H2,25,31)(H,28,32). The van der Waals surface area contributed by atoms with Gasteiger partial charge in [0.1, 0.15) is 11.2 Å². The van der Waals surface area contributed by atoms with E-state index in [0.29, 0.717) is 30.6 Å². The third-order valence-electron chi connectivity index (χ3n) is 6.71. The van der Waals surface area contributed by atoms with Crippen molar-refractivity contribution >= 4 is 22.6 Å². The topological polar surface area (TPSA) is 108 Å². The van der Waals surface area contributed by atoms with Gasteiger partial charge in [-0.05, 0) is 43.0 Å². The Labute approximate surface area is 184 Å². The molecular weight excluding hydrogens is 411 g/mol. The number of hydrogen-bond donors (Lipinski definition) is 2. The Bertz CT molecular complexity index is 1240. The van der Waals surface area contributed by atoms with Gasteiger partial charge in [0.25, 0.3) is 11.5 Å². The van der Waals surface area contributed by atoms with Crippen molar-refractivity contribution in [3.05, 3.63) is 63.6 Å². The summed E-state index contributed by atoms with van der Waals surface area (Å²) in [6, 6.07) is 6.18. The number of amides is 1. The highest BCUT2D eigenvalue weighted by atomic mass is 19.1. The van der Waals surface area contributed by atoms with E-state index in [-0.39, 0.29) is 22.3 Å². The molecule has 4 heterocycles. The number of primary amides is 1. The second-order valence-electron chi connectivity index (χ2n) is 8.48. The van der Waals surface area contributed by atoms with Crippen LogP contribution >= 0.6 is 0 Å². The third kappa shape index (κ3) is 3.42. The van der Waals surface area contributed by atoms with Gasteiger partial charge >= 0.3 is 0 Å². The number of halogens is 1. The van der Waals surface area contributed by atoms with Crippen molar-refractivity contribution in [3.8, 4) is 0 Å². The Kier molecular flexibility index (Phi) is 5.13. The molecular formula is C23H25FN6O2. The fourth-order valence-electron chi connectivity index (χ4n) is 4.90. The van der Waals surface area contributed by atoms with Gasteiger partial charge in [0.05, 0.1) is 23.0 Å². The number of nitrogens with two attached hydrogens (primary N) is 1. The number of piperazine rings is 1. The molecule has 8 nitrogen and oxygen atoms in total. The summed E-state index contributed by atoms with van der Waals surface area (Å²) in [4.78, 5) is 39.5. The Hall–Kier alpha value is -3.33. The van der Waals surface area contributed by atoms with Crippen molar-refractivity contribution in [1.82, 2.24) is 19.9 Å². The first-order valence-electron chi connectivity index (χ1n) is 10.9. The maximum atomic E-state index is 14.6. The first kappa shape index (κ1) is 20.6. The number of hydrogen-bond acceptors (Lipinski definition) is 6. The molecule has 1 saturated heterocycles. The lowest BCUT2D eigenvalue weighted by Gasteiger charge is -2.54. The van der Waals surface area contributed by atoms with Crippen LogP contribution in [0.1, 0.15) is 41.4 Å². The van der Waals surface area contributed by atoms with Crippen molar-refractivity contribution < 1.29 is 9.18 Å². The van der Waals surface area contributed by atoms with Gasteiger partial charge in [0.15, 0.2) is 5.82 Å². The number of carbonyl (C=O) groups excluding carboxylic acids is 1. The van der Waals surface area contributed by atoms with Crippen LogP contribution in [0, 0.1) is 5.82 Å². The molecule has 3 aromatic heterocycles. The molecule has 0 aromatic carbocycles. The molecule has 2 unspecified atom stereocenters. The number of H-pyrrole nitrogens is 1. The van der Waals surface area contributed by atoms with Crippen LogP contribution in [0.15, 0.2) is 35.4 Å². The summed E-state index contributed by atoms with van der Waals surface area (Å²) >= 11 is 0. The number of rotatable bonds is 5. The molecule has 166 valence electrons. The number of pyridine rings is 3. The summed E-state index contributed by atoms with van der Waals surface area (Å²) in [5.41, 5.74) is 7.91. The van der Waals surface area contributed by atoms with Crippen LogP contribution in [0.5, 0.6) is 0 Å². The fourth-order valence-corrected chi connectivity index (χ4v) is 4.90. The molecule has 0 radical (unpaired) electrons. The van der Waals surface area contributed by atoms with E-state index in [1.807, 2.05) is 12.1 Å². The van der Waals surface area contributed by atoms with Crippen LogP contribution in [-0.4, -0.2) is 50.9 Å². The molecule has 1 aliphatic carbocycles. The minimum atomic E-state index is -0.529. The lowest BCUT2D eigenvalue weighted by molar-refractivity contribution is 0.0658. The number of aromatic nitrogens is 3. The van der Waals surface area contributed by atoms with Gasteiger partial charge in [-0.25, -0.2) is 9.37 Å². The van der Waals surface area contributed by atoms with Crippen LogP contribution in [0.2, 0.25) is 0 Å². The van der Waals surface area contributed by atoms with E-state index in [1.165, 1.54) is 0 Å². The van der Waals surface area contributed by atoms with Gasteiger partial charge in [0.2, 0.25) is 0 Å². The summed E-state index contributed by atoms with van der Waals surface area (Å²) < 4.78 is 14.6. The molecule has 9 heteroatoms. The van der Waals surface area contributed by atoms with Crippen molar-refractivity contribution in [2.24, 2.45) is 5.73 Å². The van der Waals surface area contributed by atoms with Gasteiger partial charge in [-0.2, -0.15) is 0 Å². The molecule has 1 saturated carbocycles. The average Bonchev–Trinajstić information content (AvgIpc) is 2.75. The summed E-state index contributed by atoms with van der Waals surface area (Å²) in [7, 11) is 0. The number of nitrogens with zero attached hydrogens (tertiary/aromatic N) is 4. The van der Waals surface area contributed by atoms with Crippen LogP contribution in [0.4, 0.5) is 10.1 Å². The number of nitrogens with one attached hydrogen (secondary N) is 1. The highest BCUT2D eigenvalue weighted by Crippen LogP contribution is 2.37. The summed E-state index contributed by atoms with van der Waals surface area (Å²) in [6.45, 7) is 4.14. The van der Waals surface area contributed by atoms with Crippen LogP contribution in [0.3, 0.4) is 0 Å². The third-order valence-corrected chi connectivity index (χ3v) is 6.71. The smallest absolute Gasteiger partial charge is 0.267 e. The SMILES string of the molecule is CCc1c(F)c2ncc(CN3CCN(c4ccc(C(N)=O)nc4)C4CCC43)cc2[nH]c1=O. The number of fused-ring (bicyclic) bond motifs is 2. The van der Waals surface area contributed by atoms with Gasteiger partial charge < -0.3 is 15.6 Å². The average molecular weight is 436 g/mol. The molecule has 2 aliphatic rings. The van der Waals surface area contributed by atoms with E-state index in [9.17, 15) is 14.0 Å². The quantitative estimate of drug-likeness (QED) is 0.633. The zero-order valence-corrected chi connectivity index (χ0v) is 17.8. The summed E-state index contributed by atoms with van der Waals surface area (Å²) in [5, 5.41) is 0. The van der Waals surface area contributed by atoms with E-state index in [2.05, 4.69) is 24.8 Å². The Morgan fingerprint density at radius 2 is 2.03 bits per heavy atom. The lowest BCUT2D eigenvalue weighted by atomic mass is 9.81. The Balaban J connectivity index is 1.34. The van der Waals surface area contributed by atoms with Gasteiger partial charge in [0, 0.05) is 37.9 Å². The van der Waals surface area contributed by atoms with Crippen LogP contribution in [-0.2, 0) is 13.0 Å². The zero-order chi connectivity index (χ0) is 22.4. The first-order chi connectivity index (χ1) is 15.5. The number of aromatic amines is 1. The monoisotopic (exact) mass is 436 g/mol. The van der Waals surface area contributed by atoms with E-state index in [4.69, 9.17) is 5.73 Å². The number of anilines is 1. The van der Waals surface area contributed by atoms with E-state index in [0.717, 1.165) is 37.2 Å². The molecule has 3 aromatic rings. The van der Waals surface area contributed by atoms with E-state index in [1.54, 1.807) is 25.4 Å². The van der Waals surface area contributed by atoms with Gasteiger partial charge in [-0.1, -0.05) is 6.92 Å². The second-order valence-corrected chi connectivity index (χ2v) is 8.48. The van der Waals surface area contributed by atoms with Gasteiger partial charge in [-0.3, -0.25) is 19.5 Å². The summed E-state index contributed by atoms with van der Waals surface area (Å²) in [6.07, 6.45) is 5.94. The Morgan fingerprint density at radius 1 is 1.22 bits per heavy atom. The van der Waals surface area contributed by atoms with E-state index >= 15 is 0 Å². The lowest BCUT2D eigenvalue weighted by Crippen LogP contribution is -2.64. The van der Waals surface area contributed by atoms with Crippen molar-refractivity contribution in [1.29, 1.82) is 0 Å². The second kappa shape index (κ2) is 7.98. The minimum Gasteiger partial charge on any atom is -0.364 e. The predicted octanol–water partition coefficient (Wildman–Crippen LogP) is 1.97. The van der Waals surface area contributed by atoms with Crippen molar-refractivity contribution in [2.45, 2.75) is 44.8 Å². The largest absolute Gasteiger partial charge is 0.364 e. The number of carbonyl (C=O) groups is 1. The maximum absolute atomic E-state index is 14.6. The zero-order valence-electron chi connectivity index (χ0n) is 17.8. The molecule has 2 fully saturated rings. The molecule has 1 amide bonds. The molecule has 0 spiro atoms. The van der Waals surface area contributed by atoms with Crippen molar-refractivity contribution in [3.63, 3.8) is 0 Å². The van der Waals surface area contributed by atoms with Crippen molar-refractivity contribution in [2.75, 3.05) is 18.0 Å². The Morgan fingerprint density at radius 3 is 2.69 bits per heavy atom. The molecule has 0 bridgehead atoms. The first-order valence-corrected chi connectivity index (χ1v) is 10.9. The minimum absolute atomic E-state index is 0.143. The molecule has 32 heavy (non-hydrogen) atoms. The molecule has 1 aliphatic heterocycles. The highest BCUT2D eigenvalue weighted by molar-refractivity contribution is 5.90. The molecule has 3 N–H and O–H groups in total. The van der Waals surface area contributed by atoms with Crippen LogP contribution < -0.4 is 16.2 Å². The van der Waals surface area contributed by atoms with Crippen LogP contribution in [0.25, 0.3) is 11.0 Å². The molecule has 5 rings (SSSR count). The maximum Gasteiger partial charge on any atom is 0.267 e. The molecule has 2 atom stereocenters. The highest BCUT2D eigenvalue weighted by Gasteiger charge is 2.42. The predicted molar refractivity (Wildman–Crippen MR) is 119 cm³/mol. The van der Waals surface area contributed by atoms with E-state index < -0.39 is 11.7 Å². The normalized spacial score (nSPS) is 20.8. The summed E-state index contributed by atoms with van der Waals surface area (Å²) in [5.74, 6) is -1.06. The van der Waals surface area contributed by atoms with Gasteiger partial charge in [-0.15, -0.1) is 0 Å². The fraction of sp³-hybridized carbons (Fsp3) is 0.391.